The van der Waals surface area contributed by atoms with Crippen LogP contribution in [0.25, 0.3) is 5.69 Å². The van der Waals surface area contributed by atoms with Crippen LogP contribution >= 0.6 is 0 Å². The van der Waals surface area contributed by atoms with E-state index in [2.05, 4.69) is 15.8 Å². The Bertz CT molecular complexity index is 1170. The zero-order valence-electron chi connectivity index (χ0n) is 18.3. The molecule has 1 aromatic heterocycles. The third-order valence-electron chi connectivity index (χ3n) is 5.00. The molecule has 0 aliphatic heterocycles. The topological polar surface area (TPSA) is 95.7 Å². The van der Waals surface area contributed by atoms with Gasteiger partial charge in [-0.25, -0.2) is 15.0 Å². The van der Waals surface area contributed by atoms with E-state index in [9.17, 15) is 14.7 Å². The molecule has 7 heteroatoms. The molecule has 1 heterocycles. The maximum Gasteiger partial charge on any atom is 0.339 e. The number of benzene rings is 2. The van der Waals surface area contributed by atoms with Crippen LogP contribution in [-0.4, -0.2) is 27.9 Å². The summed E-state index contributed by atoms with van der Waals surface area (Å²) in [5.74, 6) is -0.950. The minimum Gasteiger partial charge on any atom is -0.478 e. The normalized spacial score (nSPS) is 11.0. The standard InChI is InChI=1S/C24H26N4O3/c1-14-8-15(2)10-21(9-14)26-24(31)27-25-13-20-12-17(4)28(18(20)5)22-7-6-19(23(29)30)11-16(22)3/h6-13H,1-5H3,(H,29,30)(H2,26,27,31)/b25-13+. The molecule has 3 N–H and O–H groups in total. The lowest BCUT2D eigenvalue weighted by Crippen LogP contribution is -2.24. The van der Waals surface area contributed by atoms with E-state index in [0.717, 1.165) is 39.3 Å². The van der Waals surface area contributed by atoms with Gasteiger partial charge in [-0.2, -0.15) is 5.10 Å². The van der Waals surface area contributed by atoms with Gasteiger partial charge in [0.15, 0.2) is 0 Å². The predicted octanol–water partition coefficient (Wildman–Crippen LogP) is 4.87. The number of carbonyl (C=O) groups is 2. The summed E-state index contributed by atoms with van der Waals surface area (Å²) in [5.41, 5.74) is 10.1. The molecule has 3 aromatic rings. The Morgan fingerprint density at radius 2 is 1.65 bits per heavy atom. The largest absolute Gasteiger partial charge is 0.478 e. The van der Waals surface area contributed by atoms with E-state index in [0.29, 0.717) is 5.69 Å². The van der Waals surface area contributed by atoms with Crippen molar-refractivity contribution in [2.45, 2.75) is 34.6 Å². The highest BCUT2D eigenvalue weighted by Gasteiger charge is 2.13. The molecule has 0 saturated carbocycles. The molecule has 0 atom stereocenters. The average molecular weight is 418 g/mol. The zero-order chi connectivity index (χ0) is 22.7. The van der Waals surface area contributed by atoms with Crippen LogP contribution in [0.4, 0.5) is 10.5 Å². The van der Waals surface area contributed by atoms with Crippen LogP contribution in [-0.2, 0) is 0 Å². The fourth-order valence-electron chi connectivity index (χ4n) is 3.69. The number of anilines is 1. The first kappa shape index (κ1) is 21.8. The van der Waals surface area contributed by atoms with Gasteiger partial charge in [0, 0.05) is 28.3 Å². The molecule has 31 heavy (non-hydrogen) atoms. The molecular formula is C24H26N4O3. The molecule has 0 aliphatic carbocycles. The van der Waals surface area contributed by atoms with Crippen LogP contribution in [0.1, 0.15) is 44.0 Å². The van der Waals surface area contributed by atoms with E-state index in [1.165, 1.54) is 0 Å². The second-order valence-corrected chi connectivity index (χ2v) is 7.67. The number of carboxylic acid groups (broad SMARTS) is 1. The van der Waals surface area contributed by atoms with Crippen molar-refractivity contribution in [1.82, 2.24) is 9.99 Å². The van der Waals surface area contributed by atoms with Crippen molar-refractivity contribution in [3.63, 3.8) is 0 Å². The number of nitrogens with zero attached hydrogens (tertiary/aromatic N) is 2. The summed E-state index contributed by atoms with van der Waals surface area (Å²) in [6, 6.07) is 12.4. The first-order chi connectivity index (χ1) is 14.7. The van der Waals surface area contributed by atoms with Gasteiger partial charge in [0.05, 0.1) is 11.8 Å². The summed E-state index contributed by atoms with van der Waals surface area (Å²) in [6.07, 6.45) is 1.60. The van der Waals surface area contributed by atoms with Crippen molar-refractivity contribution < 1.29 is 14.7 Å². The van der Waals surface area contributed by atoms with E-state index >= 15 is 0 Å². The molecule has 0 spiro atoms. The van der Waals surface area contributed by atoms with Crippen LogP contribution in [0.3, 0.4) is 0 Å². The molecule has 3 rings (SSSR count). The van der Waals surface area contributed by atoms with Gasteiger partial charge in [0.2, 0.25) is 0 Å². The van der Waals surface area contributed by atoms with Crippen LogP contribution in [0, 0.1) is 34.6 Å². The number of aromatic carboxylic acids is 1. The third-order valence-corrected chi connectivity index (χ3v) is 5.00. The van der Waals surface area contributed by atoms with Crippen LogP contribution < -0.4 is 10.7 Å². The number of amides is 2. The fraction of sp³-hybridized carbons (Fsp3) is 0.208. The summed E-state index contributed by atoms with van der Waals surface area (Å²) in [4.78, 5) is 23.3. The number of hydrogen-bond acceptors (Lipinski definition) is 3. The third kappa shape index (κ3) is 5.01. The monoisotopic (exact) mass is 418 g/mol. The number of hydrogen-bond donors (Lipinski definition) is 3. The van der Waals surface area contributed by atoms with Crippen LogP contribution in [0.15, 0.2) is 47.6 Å². The van der Waals surface area contributed by atoms with Crippen molar-refractivity contribution in [3.05, 3.63) is 81.7 Å². The van der Waals surface area contributed by atoms with Gasteiger partial charge in [0.1, 0.15) is 0 Å². The molecule has 0 bridgehead atoms. The fourth-order valence-corrected chi connectivity index (χ4v) is 3.69. The number of nitrogens with one attached hydrogen (secondary N) is 2. The quantitative estimate of drug-likeness (QED) is 0.407. The smallest absolute Gasteiger partial charge is 0.339 e. The lowest BCUT2D eigenvalue weighted by molar-refractivity contribution is 0.0696. The van der Waals surface area contributed by atoms with Crippen molar-refractivity contribution in [1.29, 1.82) is 0 Å². The van der Waals surface area contributed by atoms with Crippen molar-refractivity contribution in [2.24, 2.45) is 5.10 Å². The first-order valence-corrected chi connectivity index (χ1v) is 9.87. The maximum absolute atomic E-state index is 12.1. The molecule has 0 unspecified atom stereocenters. The first-order valence-electron chi connectivity index (χ1n) is 9.87. The Morgan fingerprint density at radius 1 is 0.968 bits per heavy atom. The second-order valence-electron chi connectivity index (χ2n) is 7.67. The van der Waals surface area contributed by atoms with Crippen molar-refractivity contribution in [3.8, 4) is 5.69 Å². The number of carbonyl (C=O) groups excluding carboxylic acids is 1. The van der Waals surface area contributed by atoms with Gasteiger partial charge in [0.25, 0.3) is 0 Å². The molecule has 0 aliphatic rings. The molecule has 0 saturated heterocycles. The molecule has 2 amide bonds. The van der Waals surface area contributed by atoms with E-state index in [1.54, 1.807) is 24.4 Å². The zero-order valence-corrected chi connectivity index (χ0v) is 18.3. The van der Waals surface area contributed by atoms with Crippen LogP contribution in [0.2, 0.25) is 0 Å². The summed E-state index contributed by atoms with van der Waals surface area (Å²) < 4.78 is 2.04. The Balaban J connectivity index is 1.75. The van der Waals surface area contributed by atoms with Crippen LogP contribution in [0.5, 0.6) is 0 Å². The van der Waals surface area contributed by atoms with Gasteiger partial charge in [-0.3, -0.25) is 0 Å². The van der Waals surface area contributed by atoms with Gasteiger partial charge in [-0.05, 0) is 87.7 Å². The molecule has 160 valence electrons. The highest BCUT2D eigenvalue weighted by molar-refractivity contribution is 5.91. The van der Waals surface area contributed by atoms with Gasteiger partial charge in [-0.1, -0.05) is 6.07 Å². The molecule has 0 radical (unpaired) electrons. The maximum atomic E-state index is 12.1. The Labute approximate surface area is 181 Å². The summed E-state index contributed by atoms with van der Waals surface area (Å²) in [5, 5.41) is 16.0. The summed E-state index contributed by atoms with van der Waals surface area (Å²) in [7, 11) is 0. The van der Waals surface area contributed by atoms with E-state index < -0.39 is 12.0 Å². The summed E-state index contributed by atoms with van der Waals surface area (Å²) in [6.45, 7) is 9.75. The van der Waals surface area contributed by atoms with E-state index in [-0.39, 0.29) is 5.56 Å². The average Bonchev–Trinajstić information content (AvgIpc) is 2.94. The number of carboxylic acids is 1. The van der Waals surface area contributed by atoms with E-state index in [1.807, 2.05) is 63.5 Å². The lowest BCUT2D eigenvalue weighted by atomic mass is 10.1. The number of rotatable bonds is 5. The van der Waals surface area contributed by atoms with Crippen molar-refractivity contribution >= 4 is 23.9 Å². The Kier molecular flexibility index (Phi) is 6.25. The molecule has 7 nitrogen and oxygen atoms in total. The SMILES string of the molecule is Cc1cc(C)cc(NC(=O)N/N=C/c2cc(C)n(-c3ccc(C(=O)O)cc3C)c2C)c1. The van der Waals surface area contributed by atoms with Crippen molar-refractivity contribution in [2.75, 3.05) is 5.32 Å². The summed E-state index contributed by atoms with van der Waals surface area (Å²) >= 11 is 0. The highest BCUT2D eigenvalue weighted by Crippen LogP contribution is 2.23. The minimum atomic E-state index is -0.950. The second kappa shape index (κ2) is 8.87. The number of hydrazone groups is 1. The number of aryl methyl sites for hydroxylation is 4. The molecule has 0 fully saturated rings. The number of urea groups is 1. The Hall–Kier alpha value is -3.87. The predicted molar refractivity (Wildman–Crippen MR) is 123 cm³/mol. The lowest BCUT2D eigenvalue weighted by Gasteiger charge is -2.13. The molecule has 2 aromatic carbocycles. The Morgan fingerprint density at radius 3 is 2.26 bits per heavy atom. The van der Waals surface area contributed by atoms with E-state index in [4.69, 9.17) is 0 Å². The minimum absolute atomic E-state index is 0.254. The van der Waals surface area contributed by atoms with Gasteiger partial charge in [-0.15, -0.1) is 0 Å². The number of aromatic nitrogens is 1. The molecular weight excluding hydrogens is 392 g/mol. The highest BCUT2D eigenvalue weighted by atomic mass is 16.4. The van der Waals surface area contributed by atoms with Gasteiger partial charge < -0.3 is 15.0 Å². The van der Waals surface area contributed by atoms with Gasteiger partial charge >= 0.3 is 12.0 Å².